The maximum Gasteiger partial charge on any atom is 0.417 e. The summed E-state index contributed by atoms with van der Waals surface area (Å²) in [5.41, 5.74) is 0.320. The van der Waals surface area contributed by atoms with Crippen molar-refractivity contribution in [2.45, 2.75) is 50.4 Å². The molecule has 4 aliphatic rings. The highest BCUT2D eigenvalue weighted by atomic mass is 19.4. The number of carbonyl (C=O) groups is 1. The Balaban J connectivity index is 1.22. The van der Waals surface area contributed by atoms with Crippen LogP contribution >= 0.6 is 0 Å². The predicted octanol–water partition coefficient (Wildman–Crippen LogP) is 4.13. The number of alkyl halides is 3. The predicted molar refractivity (Wildman–Crippen MR) is 107 cm³/mol. The zero-order valence-electron chi connectivity index (χ0n) is 16.9. The van der Waals surface area contributed by atoms with Crippen molar-refractivity contribution in [3.63, 3.8) is 0 Å². The van der Waals surface area contributed by atoms with Crippen LogP contribution in [0, 0.1) is 23.2 Å². The van der Waals surface area contributed by atoms with Crippen molar-refractivity contribution in [2.24, 2.45) is 16.8 Å². The quantitative estimate of drug-likeness (QED) is 0.726. The summed E-state index contributed by atoms with van der Waals surface area (Å²) < 4.78 is 45.5. The number of nitriles is 1. The standard InChI is InChI=1S/C23H22F3N3O2/c24-23(25,26)20-10-17(4-3-13(20)11-27)31-18-8-14-6-16(7-15(14)9-18)29-12-21-19(22(29)30)2-1-5-28-21/h2-4,10,14-16,18H,1,5-9,12H2. The monoisotopic (exact) mass is 429 g/mol. The highest BCUT2D eigenvalue weighted by Gasteiger charge is 2.47. The van der Waals surface area contributed by atoms with Crippen LogP contribution in [0.3, 0.4) is 0 Å². The minimum Gasteiger partial charge on any atom is -0.490 e. The molecule has 8 heteroatoms. The molecular formula is C23H22F3N3O2. The number of dihydropyridines is 1. The molecule has 1 saturated heterocycles. The molecule has 0 spiro atoms. The summed E-state index contributed by atoms with van der Waals surface area (Å²) in [6.45, 7) is 1.35. The van der Waals surface area contributed by atoms with Crippen LogP contribution in [0.5, 0.6) is 5.75 Å². The number of fused-ring (bicyclic) bond motifs is 2. The molecule has 0 bridgehead atoms. The molecule has 1 aromatic carbocycles. The number of nitrogens with zero attached hydrogens (tertiary/aromatic N) is 3. The third-order valence-electron chi connectivity index (χ3n) is 7.01. The fraction of sp³-hybridized carbons (Fsp3) is 0.522. The van der Waals surface area contributed by atoms with Crippen LogP contribution in [0.2, 0.25) is 0 Å². The topological polar surface area (TPSA) is 65.7 Å². The average Bonchev–Trinajstić information content (AvgIpc) is 3.39. The van der Waals surface area contributed by atoms with E-state index in [1.54, 1.807) is 6.07 Å². The molecule has 2 aliphatic heterocycles. The van der Waals surface area contributed by atoms with Gasteiger partial charge in [-0.1, -0.05) is 6.08 Å². The van der Waals surface area contributed by atoms with E-state index in [2.05, 4.69) is 4.99 Å². The fourth-order valence-corrected chi connectivity index (χ4v) is 5.64. The maximum absolute atomic E-state index is 13.2. The van der Waals surface area contributed by atoms with Crippen LogP contribution < -0.4 is 4.74 Å². The molecule has 2 heterocycles. The van der Waals surface area contributed by atoms with E-state index < -0.39 is 17.3 Å². The van der Waals surface area contributed by atoms with E-state index in [0.29, 0.717) is 18.4 Å². The molecule has 162 valence electrons. The molecule has 3 fully saturated rings. The van der Waals surface area contributed by atoms with Crippen LogP contribution in [0.25, 0.3) is 0 Å². The molecular weight excluding hydrogens is 407 g/mol. The van der Waals surface area contributed by atoms with Crippen molar-refractivity contribution in [1.82, 2.24) is 4.90 Å². The molecule has 2 saturated carbocycles. The van der Waals surface area contributed by atoms with Crippen molar-refractivity contribution in [3.05, 3.63) is 41.0 Å². The van der Waals surface area contributed by atoms with Crippen LogP contribution in [0.15, 0.2) is 34.8 Å². The number of hydrogen-bond acceptors (Lipinski definition) is 4. The van der Waals surface area contributed by atoms with Crippen molar-refractivity contribution in [1.29, 1.82) is 5.26 Å². The Morgan fingerprint density at radius 2 is 1.90 bits per heavy atom. The largest absolute Gasteiger partial charge is 0.490 e. The van der Waals surface area contributed by atoms with Gasteiger partial charge in [0.15, 0.2) is 0 Å². The van der Waals surface area contributed by atoms with Gasteiger partial charge in [-0.3, -0.25) is 9.79 Å². The summed E-state index contributed by atoms with van der Waals surface area (Å²) in [6, 6.07) is 5.31. The van der Waals surface area contributed by atoms with E-state index in [9.17, 15) is 18.0 Å². The lowest BCUT2D eigenvalue weighted by Crippen LogP contribution is -2.35. The SMILES string of the molecule is N#Cc1ccc(OC2CC3CC(N4CC5=NCCC=C5C4=O)CC3C2)cc1C(F)(F)F. The summed E-state index contributed by atoms with van der Waals surface area (Å²) in [5.74, 6) is 1.05. The number of likely N-dealkylation sites (tertiary alicyclic amines) is 1. The van der Waals surface area contributed by atoms with Gasteiger partial charge >= 0.3 is 6.18 Å². The number of rotatable bonds is 3. The minimum absolute atomic E-state index is 0.0912. The smallest absolute Gasteiger partial charge is 0.417 e. The minimum atomic E-state index is -4.59. The first kappa shape index (κ1) is 20.1. The Hall–Kier alpha value is -2.82. The highest BCUT2D eigenvalue weighted by molar-refractivity contribution is 6.27. The molecule has 2 atom stereocenters. The summed E-state index contributed by atoms with van der Waals surface area (Å²) in [5, 5.41) is 8.94. The van der Waals surface area contributed by atoms with E-state index in [1.165, 1.54) is 12.1 Å². The van der Waals surface area contributed by atoms with Gasteiger partial charge in [-0.25, -0.2) is 0 Å². The summed E-state index contributed by atoms with van der Waals surface area (Å²) in [4.78, 5) is 19.2. The van der Waals surface area contributed by atoms with Gasteiger partial charge in [-0.05, 0) is 62.1 Å². The zero-order chi connectivity index (χ0) is 21.8. The van der Waals surface area contributed by atoms with Gasteiger partial charge in [0.2, 0.25) is 0 Å². The van der Waals surface area contributed by atoms with Gasteiger partial charge in [-0.2, -0.15) is 18.4 Å². The average molecular weight is 429 g/mol. The van der Waals surface area contributed by atoms with E-state index >= 15 is 0 Å². The molecule has 1 amide bonds. The number of carbonyl (C=O) groups excluding carboxylic acids is 1. The van der Waals surface area contributed by atoms with Crippen molar-refractivity contribution in [2.75, 3.05) is 13.1 Å². The van der Waals surface area contributed by atoms with Gasteiger partial charge in [-0.15, -0.1) is 0 Å². The first-order chi connectivity index (χ1) is 14.8. The molecule has 0 radical (unpaired) electrons. The lowest BCUT2D eigenvalue weighted by Gasteiger charge is -2.25. The molecule has 1 aromatic rings. The Bertz CT molecular complexity index is 1010. The van der Waals surface area contributed by atoms with E-state index in [0.717, 1.165) is 56.0 Å². The van der Waals surface area contributed by atoms with Crippen molar-refractivity contribution >= 4 is 11.6 Å². The highest BCUT2D eigenvalue weighted by Crippen LogP contribution is 2.47. The third-order valence-corrected chi connectivity index (χ3v) is 7.01. The molecule has 31 heavy (non-hydrogen) atoms. The third kappa shape index (κ3) is 3.60. The van der Waals surface area contributed by atoms with Gasteiger partial charge in [0.25, 0.3) is 5.91 Å². The molecule has 5 nitrogen and oxygen atoms in total. The number of hydrogen-bond donors (Lipinski definition) is 0. The number of benzene rings is 1. The molecule has 2 aliphatic carbocycles. The summed E-state index contributed by atoms with van der Waals surface area (Å²) in [7, 11) is 0. The Kier molecular flexibility index (Phi) is 4.80. The normalized spacial score (nSPS) is 29.9. The number of amides is 1. The van der Waals surface area contributed by atoms with Gasteiger partial charge < -0.3 is 9.64 Å². The maximum atomic E-state index is 13.2. The lowest BCUT2D eigenvalue weighted by molar-refractivity contribution is -0.138. The Morgan fingerprint density at radius 3 is 2.55 bits per heavy atom. The van der Waals surface area contributed by atoms with Crippen LogP contribution in [0.1, 0.15) is 43.2 Å². The molecule has 5 rings (SSSR count). The second-order valence-corrected chi connectivity index (χ2v) is 8.84. The summed E-state index contributed by atoms with van der Waals surface area (Å²) in [6.07, 6.45) is 1.42. The molecule has 0 aromatic heterocycles. The fourth-order valence-electron chi connectivity index (χ4n) is 5.64. The van der Waals surface area contributed by atoms with E-state index in [1.807, 2.05) is 11.0 Å². The van der Waals surface area contributed by atoms with Crippen LogP contribution in [-0.2, 0) is 11.0 Å². The Morgan fingerprint density at radius 1 is 1.16 bits per heavy atom. The van der Waals surface area contributed by atoms with Crippen LogP contribution in [-0.4, -0.2) is 41.8 Å². The van der Waals surface area contributed by atoms with E-state index in [4.69, 9.17) is 10.00 Å². The second kappa shape index (κ2) is 7.40. The number of ether oxygens (including phenoxy) is 1. The van der Waals surface area contributed by atoms with Crippen LogP contribution in [0.4, 0.5) is 13.2 Å². The lowest BCUT2D eigenvalue weighted by atomic mass is 10.0. The van der Waals surface area contributed by atoms with Crippen molar-refractivity contribution in [3.8, 4) is 11.8 Å². The van der Waals surface area contributed by atoms with E-state index in [-0.39, 0.29) is 23.8 Å². The molecule has 0 N–H and O–H groups in total. The van der Waals surface area contributed by atoms with Gasteiger partial charge in [0, 0.05) is 12.6 Å². The Labute approximate surface area is 178 Å². The number of aliphatic imine (C=N–C) groups is 1. The summed E-state index contributed by atoms with van der Waals surface area (Å²) >= 11 is 0. The number of halogens is 3. The first-order valence-electron chi connectivity index (χ1n) is 10.7. The van der Waals surface area contributed by atoms with Crippen molar-refractivity contribution < 1.29 is 22.7 Å². The van der Waals surface area contributed by atoms with Gasteiger partial charge in [0.05, 0.1) is 41.1 Å². The molecule has 2 unspecified atom stereocenters. The first-order valence-corrected chi connectivity index (χ1v) is 10.7. The van der Waals surface area contributed by atoms with Gasteiger partial charge in [0.1, 0.15) is 5.75 Å². The second-order valence-electron chi connectivity index (χ2n) is 8.84. The zero-order valence-corrected chi connectivity index (χ0v) is 16.9.